The second kappa shape index (κ2) is 5.32. The fourth-order valence-electron chi connectivity index (χ4n) is 1.30. The molecule has 0 aromatic carbocycles. The molecule has 0 saturated heterocycles. The molecule has 6 heteroatoms. The summed E-state index contributed by atoms with van der Waals surface area (Å²) in [5.41, 5.74) is 0. The van der Waals surface area contributed by atoms with Gasteiger partial charge in [0.15, 0.2) is 0 Å². The summed E-state index contributed by atoms with van der Waals surface area (Å²) < 4.78 is 38.7. The second-order valence-corrected chi connectivity index (χ2v) is 4.04. The Bertz CT molecular complexity index is 172. The van der Waals surface area contributed by atoms with Crippen molar-refractivity contribution >= 4 is 15.9 Å². The Morgan fingerprint density at radius 1 is 1.29 bits per heavy atom. The van der Waals surface area contributed by atoms with Crippen LogP contribution >= 0.6 is 15.9 Å². The molecule has 1 fully saturated rings. The van der Waals surface area contributed by atoms with Crippen LogP contribution in [-0.4, -0.2) is 42.3 Å². The van der Waals surface area contributed by atoms with E-state index in [1.807, 2.05) is 4.90 Å². The van der Waals surface area contributed by atoms with Crippen molar-refractivity contribution in [3.05, 3.63) is 0 Å². The third-order valence-corrected chi connectivity index (χ3v) is 2.43. The van der Waals surface area contributed by atoms with Gasteiger partial charge in [0, 0.05) is 24.5 Å². The van der Waals surface area contributed by atoms with Crippen LogP contribution < -0.4 is 0 Å². The Morgan fingerprint density at radius 2 is 1.93 bits per heavy atom. The molecule has 14 heavy (non-hydrogen) atoms. The first-order valence-electron chi connectivity index (χ1n) is 4.53. The van der Waals surface area contributed by atoms with Crippen LogP contribution in [0.25, 0.3) is 0 Å². The number of ether oxygens (including phenoxy) is 1. The third-order valence-electron chi connectivity index (χ3n) is 2.08. The molecule has 0 aromatic rings. The van der Waals surface area contributed by atoms with Gasteiger partial charge in [-0.3, -0.25) is 9.64 Å². The molecule has 0 N–H and O–H groups in total. The van der Waals surface area contributed by atoms with Gasteiger partial charge >= 0.3 is 6.36 Å². The average Bonchev–Trinajstić information content (AvgIpc) is 2.83. The molecule has 0 heterocycles. The number of nitrogens with zero attached hydrogens (tertiary/aromatic N) is 1. The lowest BCUT2D eigenvalue weighted by Gasteiger charge is -2.20. The second-order valence-electron chi connectivity index (χ2n) is 3.25. The average molecular weight is 276 g/mol. The van der Waals surface area contributed by atoms with Gasteiger partial charge in [-0.25, -0.2) is 0 Å². The summed E-state index contributed by atoms with van der Waals surface area (Å²) in [6.45, 7) is 0.870. The molecule has 84 valence electrons. The van der Waals surface area contributed by atoms with E-state index >= 15 is 0 Å². The first-order valence-corrected chi connectivity index (χ1v) is 5.66. The van der Waals surface area contributed by atoms with E-state index in [9.17, 15) is 13.2 Å². The van der Waals surface area contributed by atoms with Crippen molar-refractivity contribution in [2.75, 3.05) is 25.0 Å². The lowest BCUT2D eigenvalue weighted by molar-refractivity contribution is -0.325. The van der Waals surface area contributed by atoms with Crippen molar-refractivity contribution in [1.82, 2.24) is 4.90 Å². The number of halogens is 4. The Morgan fingerprint density at radius 3 is 2.36 bits per heavy atom. The van der Waals surface area contributed by atoms with Gasteiger partial charge in [-0.15, -0.1) is 13.2 Å². The summed E-state index contributed by atoms with van der Waals surface area (Å²) in [5.74, 6) is 0. The molecule has 0 unspecified atom stereocenters. The quantitative estimate of drug-likeness (QED) is 0.691. The standard InChI is InChI=1S/C8H13BrF3NO/c9-3-4-13(7-1-2-7)5-6-14-8(10,11)12/h7H,1-6H2. The van der Waals surface area contributed by atoms with Crippen LogP contribution in [0.4, 0.5) is 13.2 Å². The molecule has 1 aliphatic carbocycles. The van der Waals surface area contributed by atoms with Gasteiger partial charge in [-0.2, -0.15) is 0 Å². The van der Waals surface area contributed by atoms with Crippen LogP contribution in [0.2, 0.25) is 0 Å². The SMILES string of the molecule is FC(F)(F)OCCN(CCBr)C1CC1. The van der Waals surface area contributed by atoms with Crippen LogP contribution in [0.5, 0.6) is 0 Å². The number of rotatable bonds is 6. The highest BCUT2D eigenvalue weighted by molar-refractivity contribution is 9.09. The summed E-state index contributed by atoms with van der Waals surface area (Å²) in [4.78, 5) is 2.03. The molecule has 0 aliphatic heterocycles. The summed E-state index contributed by atoms with van der Waals surface area (Å²) in [6, 6.07) is 0.476. The van der Waals surface area contributed by atoms with E-state index in [0.717, 1.165) is 24.7 Å². The maximum atomic E-state index is 11.7. The van der Waals surface area contributed by atoms with Gasteiger partial charge in [0.1, 0.15) is 0 Å². The smallest absolute Gasteiger partial charge is 0.297 e. The minimum Gasteiger partial charge on any atom is -0.297 e. The minimum absolute atomic E-state index is 0.271. The Balaban J connectivity index is 2.13. The Hall–Kier alpha value is 0.190. The lowest BCUT2D eigenvalue weighted by Crippen LogP contribution is -2.33. The molecule has 0 radical (unpaired) electrons. The topological polar surface area (TPSA) is 12.5 Å². The van der Waals surface area contributed by atoms with Gasteiger partial charge in [0.05, 0.1) is 6.61 Å². The zero-order valence-corrected chi connectivity index (χ0v) is 9.27. The van der Waals surface area contributed by atoms with Crippen molar-refractivity contribution in [1.29, 1.82) is 0 Å². The summed E-state index contributed by atoms with van der Waals surface area (Å²) in [7, 11) is 0. The Kier molecular flexibility index (Phi) is 4.66. The van der Waals surface area contributed by atoms with Crippen molar-refractivity contribution in [3.63, 3.8) is 0 Å². The van der Waals surface area contributed by atoms with Crippen LogP contribution in [0, 0.1) is 0 Å². The van der Waals surface area contributed by atoms with Crippen LogP contribution in [0.15, 0.2) is 0 Å². The van der Waals surface area contributed by atoms with E-state index in [1.165, 1.54) is 0 Å². The number of hydrogen-bond acceptors (Lipinski definition) is 2. The van der Waals surface area contributed by atoms with Gasteiger partial charge in [-0.1, -0.05) is 15.9 Å². The largest absolute Gasteiger partial charge is 0.522 e. The van der Waals surface area contributed by atoms with Crippen molar-refractivity contribution in [2.45, 2.75) is 25.2 Å². The number of alkyl halides is 4. The zero-order valence-electron chi connectivity index (χ0n) is 7.69. The third kappa shape index (κ3) is 5.17. The van der Waals surface area contributed by atoms with E-state index in [-0.39, 0.29) is 6.61 Å². The fraction of sp³-hybridized carbons (Fsp3) is 1.00. The van der Waals surface area contributed by atoms with E-state index in [2.05, 4.69) is 20.7 Å². The van der Waals surface area contributed by atoms with E-state index < -0.39 is 6.36 Å². The molecule has 0 amide bonds. The monoisotopic (exact) mass is 275 g/mol. The maximum absolute atomic E-state index is 11.7. The van der Waals surface area contributed by atoms with Gasteiger partial charge < -0.3 is 0 Å². The van der Waals surface area contributed by atoms with Crippen LogP contribution in [0.1, 0.15) is 12.8 Å². The minimum atomic E-state index is -4.50. The molecule has 0 bridgehead atoms. The predicted octanol–water partition coefficient (Wildman–Crippen LogP) is 2.38. The molecule has 1 rings (SSSR count). The highest BCUT2D eigenvalue weighted by atomic mass is 79.9. The van der Waals surface area contributed by atoms with Gasteiger partial charge in [0.2, 0.25) is 0 Å². The molecule has 0 aromatic heterocycles. The zero-order chi connectivity index (χ0) is 10.6. The molecule has 2 nitrogen and oxygen atoms in total. The molecule has 1 aliphatic rings. The molecule has 0 spiro atoms. The van der Waals surface area contributed by atoms with Crippen LogP contribution in [-0.2, 0) is 4.74 Å². The fourth-order valence-corrected chi connectivity index (χ4v) is 1.76. The normalized spacial score (nSPS) is 17.8. The Labute approximate surface area is 89.5 Å². The highest BCUT2D eigenvalue weighted by Crippen LogP contribution is 2.26. The molecule has 1 saturated carbocycles. The molecule has 0 atom stereocenters. The molecular weight excluding hydrogens is 263 g/mol. The summed E-state index contributed by atoms with van der Waals surface area (Å²) in [5, 5.41) is 0.787. The maximum Gasteiger partial charge on any atom is 0.522 e. The van der Waals surface area contributed by atoms with Gasteiger partial charge in [-0.05, 0) is 12.8 Å². The van der Waals surface area contributed by atoms with E-state index in [0.29, 0.717) is 12.6 Å². The van der Waals surface area contributed by atoms with Crippen molar-refractivity contribution in [2.24, 2.45) is 0 Å². The lowest BCUT2D eigenvalue weighted by atomic mass is 10.4. The van der Waals surface area contributed by atoms with Crippen molar-refractivity contribution in [3.8, 4) is 0 Å². The predicted molar refractivity (Wildman–Crippen MR) is 50.4 cm³/mol. The summed E-state index contributed by atoms with van der Waals surface area (Å²) >= 11 is 3.27. The van der Waals surface area contributed by atoms with Crippen molar-refractivity contribution < 1.29 is 17.9 Å². The highest BCUT2D eigenvalue weighted by Gasteiger charge is 2.31. The number of hydrogen-bond donors (Lipinski definition) is 0. The first kappa shape index (κ1) is 12.3. The first-order chi connectivity index (χ1) is 6.53. The van der Waals surface area contributed by atoms with E-state index in [4.69, 9.17) is 0 Å². The van der Waals surface area contributed by atoms with E-state index in [1.54, 1.807) is 0 Å². The molecular formula is C8H13BrF3NO. The van der Waals surface area contributed by atoms with Crippen LogP contribution in [0.3, 0.4) is 0 Å². The summed E-state index contributed by atoms with van der Waals surface area (Å²) in [6.07, 6.45) is -2.30. The van der Waals surface area contributed by atoms with Gasteiger partial charge in [0.25, 0.3) is 0 Å².